The second-order valence-corrected chi connectivity index (χ2v) is 5.89. The van der Waals surface area contributed by atoms with Crippen molar-refractivity contribution in [2.75, 3.05) is 0 Å². The third kappa shape index (κ3) is 5.53. The Morgan fingerprint density at radius 3 is 2.50 bits per heavy atom. The molecular weight excluding hydrogens is 312 g/mol. The summed E-state index contributed by atoms with van der Waals surface area (Å²) >= 11 is 9.39. The highest BCUT2D eigenvalue weighted by Crippen LogP contribution is 2.23. The molecule has 0 aliphatic carbocycles. The van der Waals surface area contributed by atoms with Crippen molar-refractivity contribution in [1.82, 2.24) is 0 Å². The van der Waals surface area contributed by atoms with Crippen molar-refractivity contribution in [1.29, 1.82) is 0 Å². The van der Waals surface area contributed by atoms with Crippen molar-refractivity contribution < 1.29 is 4.79 Å². The third-order valence-electron chi connectivity index (χ3n) is 2.99. The van der Waals surface area contributed by atoms with Crippen LogP contribution in [0.25, 0.3) is 0 Å². The molecule has 100 valence electrons. The molecule has 0 unspecified atom stereocenters. The molecule has 0 saturated carbocycles. The minimum atomic E-state index is 0.156. The Hall–Kier alpha value is -0.340. The second-order valence-electron chi connectivity index (χ2n) is 4.57. The van der Waals surface area contributed by atoms with Crippen LogP contribution in [-0.2, 0) is 0 Å². The first-order valence-electron chi connectivity index (χ1n) is 6.63. The molecule has 0 amide bonds. The van der Waals surface area contributed by atoms with E-state index >= 15 is 0 Å². The molecule has 0 heterocycles. The van der Waals surface area contributed by atoms with Gasteiger partial charge >= 0.3 is 0 Å². The van der Waals surface area contributed by atoms with Gasteiger partial charge in [0.05, 0.1) is 5.02 Å². The van der Waals surface area contributed by atoms with E-state index in [-0.39, 0.29) is 5.78 Å². The van der Waals surface area contributed by atoms with E-state index in [0.717, 1.165) is 17.3 Å². The lowest BCUT2D eigenvalue weighted by Gasteiger charge is -2.04. The number of rotatable bonds is 8. The molecule has 1 rings (SSSR count). The topological polar surface area (TPSA) is 17.1 Å². The molecule has 0 aliphatic heterocycles. The predicted molar refractivity (Wildman–Crippen MR) is 81.5 cm³/mol. The average Bonchev–Trinajstić information content (AvgIpc) is 2.33. The standard InChI is InChI=1S/C15H20BrClO/c1-2-3-4-5-6-7-8-15(18)13-10-9-12(16)11-14(13)17/h9-11H,2-8H2,1H3. The van der Waals surface area contributed by atoms with Gasteiger partial charge in [0.1, 0.15) is 0 Å². The Balaban J connectivity index is 2.32. The van der Waals surface area contributed by atoms with Gasteiger partial charge in [-0.25, -0.2) is 0 Å². The second kappa shape index (κ2) is 8.71. The fraction of sp³-hybridized carbons (Fsp3) is 0.533. The molecule has 0 aliphatic rings. The molecule has 0 fully saturated rings. The number of carbonyl (C=O) groups excluding carboxylic acids is 1. The summed E-state index contributed by atoms with van der Waals surface area (Å²) in [5.74, 6) is 0.156. The molecule has 0 radical (unpaired) electrons. The van der Waals surface area contributed by atoms with Gasteiger partial charge in [-0.1, -0.05) is 66.6 Å². The van der Waals surface area contributed by atoms with Gasteiger partial charge < -0.3 is 0 Å². The van der Waals surface area contributed by atoms with Gasteiger partial charge in [0.25, 0.3) is 0 Å². The van der Waals surface area contributed by atoms with Crippen molar-refractivity contribution in [3.05, 3.63) is 33.3 Å². The smallest absolute Gasteiger partial charge is 0.164 e. The van der Waals surface area contributed by atoms with Crippen LogP contribution >= 0.6 is 27.5 Å². The molecule has 3 heteroatoms. The van der Waals surface area contributed by atoms with Gasteiger partial charge in [0, 0.05) is 16.5 Å². The van der Waals surface area contributed by atoms with Crippen LogP contribution in [0.15, 0.2) is 22.7 Å². The number of hydrogen-bond donors (Lipinski definition) is 0. The average molecular weight is 332 g/mol. The first-order chi connectivity index (χ1) is 8.65. The summed E-state index contributed by atoms with van der Waals surface area (Å²) in [6.07, 6.45) is 7.78. The van der Waals surface area contributed by atoms with Crippen molar-refractivity contribution in [2.24, 2.45) is 0 Å². The maximum atomic E-state index is 12.0. The largest absolute Gasteiger partial charge is 0.294 e. The van der Waals surface area contributed by atoms with Crippen molar-refractivity contribution in [3.8, 4) is 0 Å². The molecule has 0 saturated heterocycles. The van der Waals surface area contributed by atoms with Crippen LogP contribution in [0.3, 0.4) is 0 Å². The lowest BCUT2D eigenvalue weighted by Crippen LogP contribution is -1.99. The number of carbonyl (C=O) groups is 1. The number of unbranched alkanes of at least 4 members (excludes halogenated alkanes) is 5. The first-order valence-corrected chi connectivity index (χ1v) is 7.80. The molecule has 1 nitrogen and oxygen atoms in total. The third-order valence-corrected chi connectivity index (χ3v) is 3.79. The van der Waals surface area contributed by atoms with E-state index in [9.17, 15) is 4.79 Å². The fourth-order valence-corrected chi connectivity index (χ4v) is 2.69. The molecule has 1 aromatic rings. The van der Waals surface area contributed by atoms with Crippen LogP contribution in [0.4, 0.5) is 0 Å². The summed E-state index contributed by atoms with van der Waals surface area (Å²) < 4.78 is 0.906. The molecular formula is C15H20BrClO. The monoisotopic (exact) mass is 330 g/mol. The molecule has 0 atom stereocenters. The van der Waals surface area contributed by atoms with E-state index in [1.807, 2.05) is 6.07 Å². The fourth-order valence-electron chi connectivity index (χ4n) is 1.92. The molecule has 0 spiro atoms. The minimum absolute atomic E-state index is 0.156. The quantitative estimate of drug-likeness (QED) is 0.419. The van der Waals surface area contributed by atoms with E-state index in [1.54, 1.807) is 12.1 Å². The number of halogens is 2. The van der Waals surface area contributed by atoms with Crippen molar-refractivity contribution in [2.45, 2.75) is 51.9 Å². The normalized spacial score (nSPS) is 10.6. The van der Waals surface area contributed by atoms with Crippen molar-refractivity contribution >= 4 is 33.3 Å². The number of benzene rings is 1. The highest BCUT2D eigenvalue weighted by Gasteiger charge is 2.09. The zero-order valence-electron chi connectivity index (χ0n) is 10.8. The highest BCUT2D eigenvalue weighted by molar-refractivity contribution is 9.10. The maximum Gasteiger partial charge on any atom is 0.164 e. The summed E-state index contributed by atoms with van der Waals surface area (Å²) in [6, 6.07) is 5.43. The van der Waals surface area contributed by atoms with E-state index in [4.69, 9.17) is 11.6 Å². The van der Waals surface area contributed by atoms with Gasteiger partial charge in [-0.15, -0.1) is 0 Å². The lowest BCUT2D eigenvalue weighted by atomic mass is 10.0. The SMILES string of the molecule is CCCCCCCCC(=O)c1ccc(Br)cc1Cl. The molecule has 18 heavy (non-hydrogen) atoms. The summed E-state index contributed by atoms with van der Waals surface area (Å²) in [5.41, 5.74) is 0.647. The van der Waals surface area contributed by atoms with E-state index in [2.05, 4.69) is 22.9 Å². The van der Waals surface area contributed by atoms with E-state index in [0.29, 0.717) is 17.0 Å². The molecule has 0 N–H and O–H groups in total. The number of Topliss-reactive ketones (excluding diaryl/α,β-unsaturated/α-hetero) is 1. The maximum absolute atomic E-state index is 12.0. The van der Waals surface area contributed by atoms with Crippen LogP contribution in [0, 0.1) is 0 Å². The van der Waals surface area contributed by atoms with E-state index < -0.39 is 0 Å². The van der Waals surface area contributed by atoms with Crippen LogP contribution in [-0.4, -0.2) is 5.78 Å². The Morgan fingerprint density at radius 1 is 1.17 bits per heavy atom. The lowest BCUT2D eigenvalue weighted by molar-refractivity contribution is 0.0979. The van der Waals surface area contributed by atoms with Gasteiger partial charge in [0.2, 0.25) is 0 Å². The summed E-state index contributed by atoms with van der Waals surface area (Å²) in [5, 5.41) is 0.542. The summed E-state index contributed by atoms with van der Waals surface area (Å²) in [7, 11) is 0. The Bertz CT molecular complexity index is 390. The Labute approximate surface area is 123 Å². The number of ketones is 1. The van der Waals surface area contributed by atoms with Gasteiger partial charge in [0.15, 0.2) is 5.78 Å². The van der Waals surface area contributed by atoms with Crippen molar-refractivity contribution in [3.63, 3.8) is 0 Å². The molecule has 0 bridgehead atoms. The summed E-state index contributed by atoms with van der Waals surface area (Å²) in [4.78, 5) is 12.0. The number of hydrogen-bond acceptors (Lipinski definition) is 1. The van der Waals surface area contributed by atoms with Crippen LogP contribution in [0.1, 0.15) is 62.2 Å². The Kier molecular flexibility index (Phi) is 7.60. The highest BCUT2D eigenvalue weighted by atomic mass is 79.9. The zero-order valence-corrected chi connectivity index (χ0v) is 13.2. The summed E-state index contributed by atoms with van der Waals surface area (Å²) in [6.45, 7) is 2.21. The predicted octanol–water partition coefficient (Wildman–Crippen LogP) is 6.04. The van der Waals surface area contributed by atoms with Crippen LogP contribution < -0.4 is 0 Å². The molecule has 0 aromatic heterocycles. The molecule has 1 aromatic carbocycles. The van der Waals surface area contributed by atoms with Gasteiger partial charge in [-0.2, -0.15) is 0 Å². The van der Waals surface area contributed by atoms with Gasteiger partial charge in [-0.3, -0.25) is 4.79 Å². The van der Waals surface area contributed by atoms with E-state index in [1.165, 1.54) is 25.7 Å². The van der Waals surface area contributed by atoms with Crippen LogP contribution in [0.2, 0.25) is 5.02 Å². The van der Waals surface area contributed by atoms with Gasteiger partial charge in [-0.05, 0) is 24.6 Å². The minimum Gasteiger partial charge on any atom is -0.294 e. The Morgan fingerprint density at radius 2 is 1.83 bits per heavy atom. The first kappa shape index (κ1) is 15.7. The van der Waals surface area contributed by atoms with Crippen LogP contribution in [0.5, 0.6) is 0 Å². The zero-order chi connectivity index (χ0) is 13.4.